The fourth-order valence-electron chi connectivity index (χ4n) is 1.99. The molecule has 6 heteroatoms. The normalized spacial score (nSPS) is 20.1. The Kier molecular flexibility index (Phi) is 3.59. The third-order valence-electron chi connectivity index (χ3n) is 3.87. The van der Waals surface area contributed by atoms with Crippen molar-refractivity contribution < 1.29 is 9.31 Å². The lowest BCUT2D eigenvalue weighted by atomic mass is 9.76. The Labute approximate surface area is 113 Å². The highest BCUT2D eigenvalue weighted by atomic mass is 16.7. The predicted molar refractivity (Wildman–Crippen MR) is 75.0 cm³/mol. The third-order valence-corrected chi connectivity index (χ3v) is 3.87. The molecule has 1 fully saturated rings. The molecule has 19 heavy (non-hydrogen) atoms. The topological polar surface area (TPSA) is 67.2 Å². The summed E-state index contributed by atoms with van der Waals surface area (Å²) in [7, 11) is -0.421. The summed E-state index contributed by atoms with van der Waals surface area (Å²) in [4.78, 5) is 2.80. The molecule has 0 aliphatic carbocycles. The van der Waals surface area contributed by atoms with Crippen LogP contribution in [0.5, 0.6) is 0 Å². The zero-order valence-electron chi connectivity index (χ0n) is 11.8. The highest BCUT2D eigenvalue weighted by Gasteiger charge is 2.52. The van der Waals surface area contributed by atoms with Gasteiger partial charge in [0.05, 0.1) is 17.7 Å². The lowest BCUT2D eigenvalue weighted by Crippen LogP contribution is -2.41. The van der Waals surface area contributed by atoms with Crippen molar-refractivity contribution in [1.82, 2.24) is 0 Å². The minimum absolute atomic E-state index is 0.302. The van der Waals surface area contributed by atoms with Crippen LogP contribution in [-0.2, 0) is 15.9 Å². The molecule has 1 aromatic rings. The van der Waals surface area contributed by atoms with E-state index in [1.54, 1.807) is 0 Å². The van der Waals surface area contributed by atoms with Crippen LogP contribution in [0.1, 0.15) is 33.3 Å². The van der Waals surface area contributed by atoms with E-state index in [1.165, 1.54) is 0 Å². The first-order valence-corrected chi connectivity index (χ1v) is 6.32. The quantitative estimate of drug-likeness (QED) is 0.362. The van der Waals surface area contributed by atoms with E-state index in [-0.39, 0.29) is 11.2 Å². The van der Waals surface area contributed by atoms with Crippen molar-refractivity contribution in [3.63, 3.8) is 0 Å². The van der Waals surface area contributed by atoms with Gasteiger partial charge in [0, 0.05) is 4.91 Å². The Hall–Kier alpha value is -1.49. The van der Waals surface area contributed by atoms with Crippen molar-refractivity contribution in [2.75, 3.05) is 0 Å². The van der Waals surface area contributed by atoms with Crippen molar-refractivity contribution in [2.45, 2.75) is 45.4 Å². The van der Waals surface area contributed by atoms with Crippen LogP contribution < -0.4 is 5.46 Å². The number of benzene rings is 1. The van der Waals surface area contributed by atoms with Gasteiger partial charge >= 0.3 is 7.12 Å². The van der Waals surface area contributed by atoms with Gasteiger partial charge in [-0.3, -0.25) is 0 Å². The van der Waals surface area contributed by atoms with Crippen LogP contribution >= 0.6 is 0 Å². The summed E-state index contributed by atoms with van der Waals surface area (Å²) < 4.78 is 12.0. The third kappa shape index (κ3) is 2.61. The zero-order valence-corrected chi connectivity index (χ0v) is 11.8. The number of azide groups is 1. The van der Waals surface area contributed by atoms with Crippen molar-refractivity contribution in [3.05, 3.63) is 40.3 Å². The van der Waals surface area contributed by atoms with Gasteiger partial charge in [-0.05, 0) is 44.3 Å². The SMILES string of the molecule is CC1(C)OB(c2ccccc2CN=[N+]=[N-])OC1(C)C. The monoisotopic (exact) mass is 259 g/mol. The van der Waals surface area contributed by atoms with Crippen LogP contribution in [0.2, 0.25) is 0 Å². The van der Waals surface area contributed by atoms with Crippen molar-refractivity contribution in [3.8, 4) is 0 Å². The van der Waals surface area contributed by atoms with E-state index in [2.05, 4.69) is 10.0 Å². The average molecular weight is 259 g/mol. The second-order valence-corrected chi connectivity index (χ2v) is 5.68. The summed E-state index contributed by atoms with van der Waals surface area (Å²) in [5, 5.41) is 3.62. The second-order valence-electron chi connectivity index (χ2n) is 5.68. The molecule has 0 atom stereocenters. The Bertz CT molecular complexity index is 508. The van der Waals surface area contributed by atoms with Crippen molar-refractivity contribution in [1.29, 1.82) is 0 Å². The molecule has 1 aromatic carbocycles. The summed E-state index contributed by atoms with van der Waals surface area (Å²) in [6, 6.07) is 7.72. The first-order valence-electron chi connectivity index (χ1n) is 6.32. The molecule has 0 amide bonds. The van der Waals surface area contributed by atoms with Crippen molar-refractivity contribution >= 4 is 12.6 Å². The maximum Gasteiger partial charge on any atom is 0.495 e. The lowest BCUT2D eigenvalue weighted by molar-refractivity contribution is 0.00578. The van der Waals surface area contributed by atoms with E-state index in [1.807, 2.05) is 52.0 Å². The van der Waals surface area contributed by atoms with Gasteiger partial charge in [0.15, 0.2) is 0 Å². The maximum atomic E-state index is 8.45. The summed E-state index contributed by atoms with van der Waals surface area (Å²) in [5.74, 6) is 0. The molecule has 0 N–H and O–H groups in total. The van der Waals surface area contributed by atoms with Crippen LogP contribution in [0.15, 0.2) is 29.4 Å². The van der Waals surface area contributed by atoms with E-state index in [4.69, 9.17) is 14.8 Å². The molecule has 0 bridgehead atoms. The Morgan fingerprint density at radius 1 is 1.16 bits per heavy atom. The fraction of sp³-hybridized carbons (Fsp3) is 0.538. The van der Waals surface area contributed by atoms with E-state index in [0.29, 0.717) is 6.54 Å². The van der Waals surface area contributed by atoms with Crippen LogP contribution in [0, 0.1) is 0 Å². The van der Waals surface area contributed by atoms with E-state index < -0.39 is 7.12 Å². The minimum atomic E-state index is -0.421. The van der Waals surface area contributed by atoms with Crippen LogP contribution in [0.25, 0.3) is 10.4 Å². The first-order chi connectivity index (χ1) is 8.87. The molecule has 5 nitrogen and oxygen atoms in total. The Morgan fingerprint density at radius 2 is 1.74 bits per heavy atom. The van der Waals surface area contributed by atoms with Gasteiger partial charge in [-0.2, -0.15) is 0 Å². The smallest absolute Gasteiger partial charge is 0.399 e. The zero-order chi connectivity index (χ0) is 14.1. The molecular formula is C13H18BN3O2. The molecular weight excluding hydrogens is 241 g/mol. The van der Waals surface area contributed by atoms with E-state index in [9.17, 15) is 0 Å². The molecule has 100 valence electrons. The second kappa shape index (κ2) is 4.89. The molecule has 0 saturated carbocycles. The molecule has 1 saturated heterocycles. The van der Waals surface area contributed by atoms with Gasteiger partial charge in [0.1, 0.15) is 0 Å². The molecule has 0 radical (unpaired) electrons. The molecule has 0 unspecified atom stereocenters. The molecule has 0 spiro atoms. The maximum absolute atomic E-state index is 8.45. The van der Waals surface area contributed by atoms with E-state index >= 15 is 0 Å². The Morgan fingerprint density at radius 3 is 2.32 bits per heavy atom. The van der Waals surface area contributed by atoms with Gasteiger partial charge < -0.3 is 9.31 Å². The van der Waals surface area contributed by atoms with Gasteiger partial charge in [-0.15, -0.1) is 0 Å². The molecule has 1 heterocycles. The average Bonchev–Trinajstić information content (AvgIpc) is 2.56. The largest absolute Gasteiger partial charge is 0.495 e. The van der Waals surface area contributed by atoms with Crippen LogP contribution in [0.4, 0.5) is 0 Å². The summed E-state index contributed by atoms with van der Waals surface area (Å²) in [6.07, 6.45) is 0. The van der Waals surface area contributed by atoms with Gasteiger partial charge in [-0.25, -0.2) is 0 Å². The predicted octanol–water partition coefficient (Wildman–Crippen LogP) is 2.80. The van der Waals surface area contributed by atoms with Gasteiger partial charge in [-0.1, -0.05) is 29.4 Å². The standard InChI is InChI=1S/C13H18BN3O2/c1-12(2)13(3,4)19-14(18-12)11-8-6-5-7-10(11)9-16-17-15/h5-8H,9H2,1-4H3. The number of rotatable bonds is 3. The van der Waals surface area contributed by atoms with Gasteiger partial charge in [0.2, 0.25) is 0 Å². The molecule has 1 aliphatic heterocycles. The fourth-order valence-corrected chi connectivity index (χ4v) is 1.99. The lowest BCUT2D eigenvalue weighted by Gasteiger charge is -2.32. The molecule has 2 rings (SSSR count). The number of nitrogens with zero attached hydrogens (tertiary/aromatic N) is 3. The van der Waals surface area contributed by atoms with E-state index in [0.717, 1.165) is 11.0 Å². The molecule has 1 aliphatic rings. The molecule has 0 aromatic heterocycles. The van der Waals surface area contributed by atoms with Crippen LogP contribution in [-0.4, -0.2) is 18.3 Å². The number of hydrogen-bond donors (Lipinski definition) is 0. The highest BCUT2D eigenvalue weighted by Crippen LogP contribution is 2.36. The van der Waals surface area contributed by atoms with Crippen molar-refractivity contribution in [2.24, 2.45) is 5.11 Å². The van der Waals surface area contributed by atoms with Gasteiger partial charge in [0.25, 0.3) is 0 Å². The number of hydrogen-bond acceptors (Lipinski definition) is 3. The summed E-state index contributed by atoms with van der Waals surface area (Å²) in [6.45, 7) is 8.37. The van der Waals surface area contributed by atoms with Crippen LogP contribution in [0.3, 0.4) is 0 Å². The minimum Gasteiger partial charge on any atom is -0.399 e. The highest BCUT2D eigenvalue weighted by molar-refractivity contribution is 6.62. The Balaban J connectivity index is 2.31. The summed E-state index contributed by atoms with van der Waals surface area (Å²) >= 11 is 0. The summed E-state index contributed by atoms with van der Waals surface area (Å²) in [5.41, 5.74) is 9.56. The first kappa shape index (κ1) is 13.9.